The Balaban J connectivity index is 2.76. The van der Waals surface area contributed by atoms with Gasteiger partial charge in [-0.15, -0.1) is 0 Å². The van der Waals surface area contributed by atoms with Crippen molar-refractivity contribution in [3.05, 3.63) is 29.3 Å². The molecule has 3 heteroatoms. The molecule has 1 aromatic carbocycles. The van der Waals surface area contributed by atoms with Gasteiger partial charge in [-0.05, 0) is 40.1 Å². The van der Waals surface area contributed by atoms with Gasteiger partial charge in [0.05, 0.1) is 0 Å². The molecule has 1 rings (SSSR count). The van der Waals surface area contributed by atoms with Crippen molar-refractivity contribution in [3.63, 3.8) is 0 Å². The lowest BCUT2D eigenvalue weighted by Crippen LogP contribution is -2.39. The molecule has 1 aromatic rings. The maximum Gasteiger partial charge on any atom is 0.122 e. The highest BCUT2D eigenvalue weighted by Gasteiger charge is 2.15. The zero-order valence-electron chi connectivity index (χ0n) is 12.3. The summed E-state index contributed by atoms with van der Waals surface area (Å²) >= 11 is 0. The Hall–Kier alpha value is -1.06. The molecule has 0 saturated heterocycles. The lowest BCUT2D eigenvalue weighted by Gasteiger charge is -2.30. The van der Waals surface area contributed by atoms with Crippen molar-refractivity contribution in [1.29, 1.82) is 0 Å². The second-order valence-corrected chi connectivity index (χ2v) is 5.26. The van der Waals surface area contributed by atoms with Crippen LogP contribution in [0.2, 0.25) is 0 Å². The number of hydrogen-bond acceptors (Lipinski definition) is 3. The van der Waals surface area contributed by atoms with Crippen LogP contribution in [0.1, 0.15) is 25.0 Å². The third-order valence-corrected chi connectivity index (χ3v) is 3.35. The van der Waals surface area contributed by atoms with E-state index in [1.165, 1.54) is 0 Å². The summed E-state index contributed by atoms with van der Waals surface area (Å²) in [5.41, 5.74) is 1.96. The highest BCUT2D eigenvalue weighted by atomic mass is 16.3. The number of phenolic OH excluding ortho intramolecular Hbond substituents is 1. The first-order valence-corrected chi connectivity index (χ1v) is 6.62. The second kappa shape index (κ2) is 6.76. The summed E-state index contributed by atoms with van der Waals surface area (Å²) < 4.78 is 0. The van der Waals surface area contributed by atoms with Gasteiger partial charge in [0.2, 0.25) is 0 Å². The number of aromatic hydroxyl groups is 1. The first-order valence-electron chi connectivity index (χ1n) is 6.62. The van der Waals surface area contributed by atoms with Gasteiger partial charge in [0.1, 0.15) is 5.75 Å². The highest BCUT2D eigenvalue weighted by Crippen LogP contribution is 2.23. The van der Waals surface area contributed by atoms with Crippen molar-refractivity contribution < 1.29 is 5.11 Å². The summed E-state index contributed by atoms with van der Waals surface area (Å²) in [6.45, 7) is 9.16. The summed E-state index contributed by atoms with van der Waals surface area (Å²) in [5.74, 6) is 0.438. The largest absolute Gasteiger partial charge is 0.507 e. The molecule has 3 nitrogen and oxygen atoms in total. The Morgan fingerprint density at radius 1 is 1.28 bits per heavy atom. The minimum Gasteiger partial charge on any atom is -0.507 e. The molecule has 102 valence electrons. The van der Waals surface area contributed by atoms with Crippen molar-refractivity contribution in [2.75, 3.05) is 27.2 Å². The van der Waals surface area contributed by atoms with Crippen molar-refractivity contribution in [2.45, 2.75) is 33.4 Å². The van der Waals surface area contributed by atoms with Gasteiger partial charge in [0.15, 0.2) is 0 Å². The van der Waals surface area contributed by atoms with Crippen LogP contribution in [0.25, 0.3) is 0 Å². The number of hydrogen-bond donors (Lipinski definition) is 1. The zero-order chi connectivity index (χ0) is 13.7. The Morgan fingerprint density at radius 2 is 1.94 bits per heavy atom. The molecule has 0 spiro atoms. The molecular formula is C15H26N2O. The molecule has 0 aliphatic heterocycles. The fraction of sp³-hybridized carbons (Fsp3) is 0.600. The van der Waals surface area contributed by atoms with Crippen LogP contribution in [0.5, 0.6) is 5.75 Å². The maximum atomic E-state index is 10.1. The van der Waals surface area contributed by atoms with Gasteiger partial charge in [0, 0.05) is 24.7 Å². The SMILES string of the molecule is CCN(Cc1cccc(C)c1O)C(C)CN(C)C. The average molecular weight is 250 g/mol. The molecule has 0 amide bonds. The third kappa shape index (κ3) is 4.00. The summed E-state index contributed by atoms with van der Waals surface area (Å²) in [4.78, 5) is 4.58. The van der Waals surface area contributed by atoms with Crippen molar-refractivity contribution in [2.24, 2.45) is 0 Å². The Labute approximate surface area is 111 Å². The van der Waals surface area contributed by atoms with Crippen LogP contribution < -0.4 is 0 Å². The monoisotopic (exact) mass is 250 g/mol. The first-order chi connectivity index (χ1) is 8.45. The molecule has 0 radical (unpaired) electrons. The van der Waals surface area contributed by atoms with Crippen LogP contribution in [0.15, 0.2) is 18.2 Å². The van der Waals surface area contributed by atoms with Crippen molar-refractivity contribution in [3.8, 4) is 5.75 Å². The summed E-state index contributed by atoms with van der Waals surface area (Å²) in [7, 11) is 4.18. The molecule has 1 atom stereocenters. The van der Waals surface area contributed by atoms with E-state index in [1.54, 1.807) is 0 Å². The summed E-state index contributed by atoms with van der Waals surface area (Å²) in [6, 6.07) is 6.44. The first kappa shape index (κ1) is 15.0. The molecule has 0 aromatic heterocycles. The maximum absolute atomic E-state index is 10.1. The van der Waals surface area contributed by atoms with E-state index < -0.39 is 0 Å². The number of nitrogens with zero attached hydrogens (tertiary/aromatic N) is 2. The van der Waals surface area contributed by atoms with E-state index in [0.717, 1.165) is 30.8 Å². The minimum atomic E-state index is 0.438. The normalized spacial score (nSPS) is 13.3. The van der Waals surface area contributed by atoms with E-state index in [2.05, 4.69) is 37.7 Å². The lowest BCUT2D eigenvalue weighted by atomic mass is 10.1. The second-order valence-electron chi connectivity index (χ2n) is 5.26. The Kier molecular flexibility index (Phi) is 5.63. The third-order valence-electron chi connectivity index (χ3n) is 3.35. The summed E-state index contributed by atoms with van der Waals surface area (Å²) in [5, 5.41) is 10.1. The quantitative estimate of drug-likeness (QED) is 0.840. The fourth-order valence-corrected chi connectivity index (χ4v) is 2.29. The minimum absolute atomic E-state index is 0.438. The number of benzene rings is 1. The molecule has 0 heterocycles. The Bertz CT molecular complexity index is 377. The molecular weight excluding hydrogens is 224 g/mol. The van der Waals surface area contributed by atoms with E-state index in [-0.39, 0.29) is 0 Å². The molecule has 1 unspecified atom stereocenters. The van der Waals surface area contributed by atoms with Crippen LogP contribution in [-0.4, -0.2) is 48.1 Å². The zero-order valence-corrected chi connectivity index (χ0v) is 12.3. The predicted octanol–water partition coefficient (Wildman–Crippen LogP) is 2.47. The topological polar surface area (TPSA) is 26.7 Å². The van der Waals surface area contributed by atoms with E-state index in [4.69, 9.17) is 0 Å². The van der Waals surface area contributed by atoms with Gasteiger partial charge in [0.25, 0.3) is 0 Å². The Morgan fingerprint density at radius 3 is 2.50 bits per heavy atom. The van der Waals surface area contributed by atoms with Crippen LogP contribution in [0, 0.1) is 6.92 Å². The van der Waals surface area contributed by atoms with Crippen molar-refractivity contribution >= 4 is 0 Å². The molecule has 0 saturated carbocycles. The van der Waals surface area contributed by atoms with E-state index in [1.807, 2.05) is 25.1 Å². The number of para-hydroxylation sites is 1. The standard InChI is InChI=1S/C15H26N2O/c1-6-17(13(3)10-16(4)5)11-14-9-7-8-12(2)15(14)18/h7-9,13,18H,6,10-11H2,1-5H3. The van der Waals surface area contributed by atoms with Gasteiger partial charge in [-0.2, -0.15) is 0 Å². The van der Waals surface area contributed by atoms with E-state index in [9.17, 15) is 5.11 Å². The van der Waals surface area contributed by atoms with Gasteiger partial charge in [-0.1, -0.05) is 25.1 Å². The van der Waals surface area contributed by atoms with Crippen LogP contribution >= 0.6 is 0 Å². The smallest absolute Gasteiger partial charge is 0.122 e. The molecule has 0 fully saturated rings. The lowest BCUT2D eigenvalue weighted by molar-refractivity contribution is 0.173. The molecule has 1 N–H and O–H groups in total. The van der Waals surface area contributed by atoms with Crippen molar-refractivity contribution in [1.82, 2.24) is 9.80 Å². The number of phenols is 1. The predicted molar refractivity (Wildman–Crippen MR) is 76.9 cm³/mol. The average Bonchev–Trinajstić information content (AvgIpc) is 2.30. The number of rotatable bonds is 6. The van der Waals surface area contributed by atoms with Crippen LogP contribution in [0.4, 0.5) is 0 Å². The highest BCUT2D eigenvalue weighted by molar-refractivity contribution is 5.39. The van der Waals surface area contributed by atoms with Crippen LogP contribution in [0.3, 0.4) is 0 Å². The van der Waals surface area contributed by atoms with Gasteiger partial charge in [-0.25, -0.2) is 0 Å². The number of likely N-dealkylation sites (N-methyl/N-ethyl adjacent to an activating group) is 2. The van der Waals surface area contributed by atoms with Gasteiger partial charge >= 0.3 is 0 Å². The molecule has 0 aliphatic rings. The van der Waals surface area contributed by atoms with E-state index in [0.29, 0.717) is 11.8 Å². The van der Waals surface area contributed by atoms with Gasteiger partial charge in [-0.3, -0.25) is 4.90 Å². The molecule has 18 heavy (non-hydrogen) atoms. The van der Waals surface area contributed by atoms with Gasteiger partial charge < -0.3 is 10.0 Å². The summed E-state index contributed by atoms with van der Waals surface area (Å²) in [6.07, 6.45) is 0. The number of aryl methyl sites for hydroxylation is 1. The van der Waals surface area contributed by atoms with E-state index >= 15 is 0 Å². The fourth-order valence-electron chi connectivity index (χ4n) is 2.29. The molecule has 0 bridgehead atoms. The molecule has 0 aliphatic carbocycles. The van der Waals surface area contributed by atoms with Crippen LogP contribution in [-0.2, 0) is 6.54 Å².